The number of nitrogens with zero attached hydrogens (tertiary/aromatic N) is 2. The number of carbonyl (C=O) groups excluding carboxylic acids is 2. The first kappa shape index (κ1) is 19.4. The molecule has 0 radical (unpaired) electrons. The van der Waals surface area contributed by atoms with Crippen LogP contribution in [-0.2, 0) is 9.53 Å². The molecule has 1 N–H and O–H groups in total. The first-order valence-corrected chi connectivity index (χ1v) is 7.35. The second-order valence-electron chi connectivity index (χ2n) is 5.26. The molecule has 0 atom stereocenters. The van der Waals surface area contributed by atoms with Crippen LogP contribution in [0.1, 0.15) is 15.9 Å². The van der Waals surface area contributed by atoms with Gasteiger partial charge in [0.25, 0.3) is 17.3 Å². The van der Waals surface area contributed by atoms with Gasteiger partial charge in [0.15, 0.2) is 6.61 Å². The molecule has 0 fully saturated rings. The van der Waals surface area contributed by atoms with Gasteiger partial charge in [-0.1, -0.05) is 12.1 Å². The number of hydrogen-bond donors (Lipinski definition) is 1. The zero-order valence-corrected chi connectivity index (χ0v) is 13.8. The van der Waals surface area contributed by atoms with E-state index in [9.17, 15) is 34.2 Å². The van der Waals surface area contributed by atoms with E-state index >= 15 is 0 Å². The minimum atomic E-state index is -1.18. The Bertz CT molecular complexity index is 910. The quantitative estimate of drug-likeness (QED) is 0.463. The molecule has 1 amide bonds. The number of amides is 1. The van der Waals surface area contributed by atoms with Crippen molar-refractivity contribution in [3.05, 3.63) is 73.6 Å². The second kappa shape index (κ2) is 7.99. The second-order valence-corrected chi connectivity index (χ2v) is 5.26. The van der Waals surface area contributed by atoms with E-state index in [1.54, 1.807) is 0 Å². The number of rotatable bonds is 6. The van der Waals surface area contributed by atoms with Gasteiger partial charge in [-0.2, -0.15) is 0 Å². The molecule has 0 bridgehead atoms. The van der Waals surface area contributed by atoms with E-state index in [1.807, 2.05) is 0 Å². The topological polar surface area (TPSA) is 142 Å². The molecule has 0 aliphatic heterocycles. The number of carbonyl (C=O) groups is 2. The summed E-state index contributed by atoms with van der Waals surface area (Å²) in [5.41, 5.74) is -2.07. The zero-order chi connectivity index (χ0) is 20.1. The molecule has 2 aromatic carbocycles. The highest BCUT2D eigenvalue weighted by molar-refractivity contribution is 5.96. The number of esters is 1. The van der Waals surface area contributed by atoms with Crippen LogP contribution in [0.2, 0.25) is 0 Å². The van der Waals surface area contributed by atoms with E-state index in [2.05, 4.69) is 5.32 Å². The van der Waals surface area contributed by atoms with Crippen molar-refractivity contribution in [1.29, 1.82) is 0 Å². The summed E-state index contributed by atoms with van der Waals surface area (Å²) in [7, 11) is 0. The van der Waals surface area contributed by atoms with Gasteiger partial charge in [0.05, 0.1) is 21.1 Å². The number of hydrogen-bond acceptors (Lipinski definition) is 7. The number of anilines is 1. The molecule has 0 spiro atoms. The highest BCUT2D eigenvalue weighted by atomic mass is 19.1. The molecule has 140 valence electrons. The molecule has 0 saturated heterocycles. The van der Waals surface area contributed by atoms with Gasteiger partial charge in [-0.05, 0) is 19.1 Å². The van der Waals surface area contributed by atoms with Crippen LogP contribution in [0.3, 0.4) is 0 Å². The summed E-state index contributed by atoms with van der Waals surface area (Å²) in [6, 6.07) is 6.95. The Balaban J connectivity index is 2.14. The monoisotopic (exact) mass is 377 g/mol. The first-order chi connectivity index (χ1) is 12.7. The maximum Gasteiger partial charge on any atom is 0.339 e. The smallest absolute Gasteiger partial charge is 0.339 e. The molecule has 0 aliphatic rings. The lowest BCUT2D eigenvalue weighted by Gasteiger charge is -2.08. The Morgan fingerprint density at radius 2 is 1.67 bits per heavy atom. The minimum Gasteiger partial charge on any atom is -0.452 e. The summed E-state index contributed by atoms with van der Waals surface area (Å²) >= 11 is 0. The van der Waals surface area contributed by atoms with Crippen LogP contribution < -0.4 is 5.32 Å². The van der Waals surface area contributed by atoms with E-state index in [1.165, 1.54) is 25.1 Å². The molecular weight excluding hydrogens is 365 g/mol. The Morgan fingerprint density at radius 3 is 2.19 bits per heavy atom. The van der Waals surface area contributed by atoms with Crippen molar-refractivity contribution in [2.24, 2.45) is 0 Å². The molecule has 0 saturated carbocycles. The van der Waals surface area contributed by atoms with Crippen molar-refractivity contribution < 1.29 is 28.6 Å². The summed E-state index contributed by atoms with van der Waals surface area (Å²) in [6.45, 7) is 0.357. The molecule has 10 nitrogen and oxygen atoms in total. The molecule has 0 aliphatic carbocycles. The number of halogens is 1. The molecule has 0 heterocycles. The molecule has 27 heavy (non-hydrogen) atoms. The van der Waals surface area contributed by atoms with Gasteiger partial charge in [-0.15, -0.1) is 0 Å². The van der Waals surface area contributed by atoms with E-state index in [-0.39, 0.29) is 11.3 Å². The lowest BCUT2D eigenvalue weighted by molar-refractivity contribution is -0.395. The fraction of sp³-hybridized carbons (Fsp3) is 0.125. The SMILES string of the molecule is Cc1c([N+](=O)[O-])cc(C(=O)OCC(=O)Nc2ccccc2F)cc1[N+](=O)[O-]. The van der Waals surface area contributed by atoms with Crippen molar-refractivity contribution >= 4 is 28.9 Å². The molecule has 11 heteroatoms. The van der Waals surface area contributed by atoms with Gasteiger partial charge >= 0.3 is 5.97 Å². The van der Waals surface area contributed by atoms with Crippen LogP contribution in [-0.4, -0.2) is 28.3 Å². The Hall–Kier alpha value is -3.89. The summed E-state index contributed by atoms with van der Waals surface area (Å²) in [5.74, 6) is -2.73. The third-order valence-corrected chi connectivity index (χ3v) is 3.46. The maximum absolute atomic E-state index is 13.4. The number of para-hydroxylation sites is 1. The van der Waals surface area contributed by atoms with Gasteiger partial charge in [0, 0.05) is 12.1 Å². The summed E-state index contributed by atoms with van der Waals surface area (Å²) in [6.07, 6.45) is 0. The van der Waals surface area contributed by atoms with E-state index in [0.717, 1.165) is 18.2 Å². The van der Waals surface area contributed by atoms with Gasteiger partial charge in [-0.3, -0.25) is 25.0 Å². The summed E-state index contributed by atoms with van der Waals surface area (Å²) < 4.78 is 18.1. The Kier molecular flexibility index (Phi) is 5.75. The molecule has 0 unspecified atom stereocenters. The maximum atomic E-state index is 13.4. The van der Waals surface area contributed by atoms with Crippen molar-refractivity contribution in [2.75, 3.05) is 11.9 Å². The Labute approximate surface area is 150 Å². The van der Waals surface area contributed by atoms with Crippen molar-refractivity contribution in [1.82, 2.24) is 0 Å². The number of ether oxygens (including phenoxy) is 1. The summed E-state index contributed by atoms with van der Waals surface area (Å²) in [5, 5.41) is 24.2. The first-order valence-electron chi connectivity index (χ1n) is 7.35. The zero-order valence-electron chi connectivity index (χ0n) is 13.8. The Morgan fingerprint density at radius 1 is 1.11 bits per heavy atom. The highest BCUT2D eigenvalue weighted by Crippen LogP contribution is 2.29. The third kappa shape index (κ3) is 4.60. The third-order valence-electron chi connectivity index (χ3n) is 3.46. The standard InChI is InChI=1S/C16H12FN3O7/c1-9-13(19(23)24)6-10(7-14(9)20(25)26)16(22)27-8-15(21)18-12-5-3-2-4-11(12)17/h2-7H,8H2,1H3,(H,18,21). The van der Waals surface area contributed by atoms with E-state index in [4.69, 9.17) is 4.74 Å². The van der Waals surface area contributed by atoms with Gasteiger partial charge in [0.1, 0.15) is 11.4 Å². The van der Waals surface area contributed by atoms with Crippen molar-refractivity contribution in [3.63, 3.8) is 0 Å². The molecule has 2 aromatic rings. The average Bonchev–Trinajstić information content (AvgIpc) is 2.61. The van der Waals surface area contributed by atoms with Gasteiger partial charge in [-0.25, -0.2) is 9.18 Å². The minimum absolute atomic E-state index is 0.125. The van der Waals surface area contributed by atoms with Gasteiger partial charge in [0.2, 0.25) is 0 Å². The lowest BCUT2D eigenvalue weighted by atomic mass is 10.1. The van der Waals surface area contributed by atoms with Crippen LogP contribution >= 0.6 is 0 Å². The average molecular weight is 377 g/mol. The lowest BCUT2D eigenvalue weighted by Crippen LogP contribution is -2.21. The molecular formula is C16H12FN3O7. The van der Waals surface area contributed by atoms with Crippen LogP contribution in [0.5, 0.6) is 0 Å². The number of nitrogens with one attached hydrogen (secondary N) is 1. The number of nitro benzene ring substituents is 2. The van der Waals surface area contributed by atoms with Crippen molar-refractivity contribution in [3.8, 4) is 0 Å². The highest BCUT2D eigenvalue weighted by Gasteiger charge is 2.26. The van der Waals surface area contributed by atoms with Gasteiger partial charge < -0.3 is 10.1 Å². The fourth-order valence-corrected chi connectivity index (χ4v) is 2.14. The van der Waals surface area contributed by atoms with Crippen molar-refractivity contribution in [2.45, 2.75) is 6.92 Å². The number of benzene rings is 2. The van der Waals surface area contributed by atoms with Crippen LogP contribution in [0.15, 0.2) is 36.4 Å². The molecule has 2 rings (SSSR count). The predicted octanol–water partition coefficient (Wildman–Crippen LogP) is 2.75. The predicted molar refractivity (Wildman–Crippen MR) is 89.8 cm³/mol. The van der Waals surface area contributed by atoms with Crippen LogP contribution in [0, 0.1) is 33.0 Å². The summed E-state index contributed by atoms with van der Waals surface area (Å²) in [4.78, 5) is 44.0. The largest absolute Gasteiger partial charge is 0.452 e. The normalized spacial score (nSPS) is 10.1. The molecule has 0 aromatic heterocycles. The van der Waals surface area contributed by atoms with E-state index < -0.39 is 51.1 Å². The van der Waals surface area contributed by atoms with Crippen LogP contribution in [0.25, 0.3) is 0 Å². The number of nitro groups is 2. The fourth-order valence-electron chi connectivity index (χ4n) is 2.14. The van der Waals surface area contributed by atoms with E-state index in [0.29, 0.717) is 0 Å². The van der Waals surface area contributed by atoms with Crippen LogP contribution in [0.4, 0.5) is 21.5 Å².